The van der Waals surface area contributed by atoms with Crippen LogP contribution in [0.15, 0.2) is 103 Å². The van der Waals surface area contributed by atoms with Crippen LogP contribution in [-0.2, 0) is 11.2 Å². The van der Waals surface area contributed by atoms with Crippen LogP contribution >= 0.6 is 0 Å². The van der Waals surface area contributed by atoms with Gasteiger partial charge in [0.1, 0.15) is 6.10 Å². The van der Waals surface area contributed by atoms with Crippen molar-refractivity contribution in [1.29, 1.82) is 5.26 Å². The molecule has 1 aliphatic rings. The van der Waals surface area contributed by atoms with Gasteiger partial charge in [-0.05, 0) is 42.3 Å². The number of benzene rings is 4. The molecule has 0 amide bonds. The number of carbonyl (C=O) groups excluding carboxylic acids is 1. The fraction of sp³-hybridized carbons (Fsp3) is 0.129. The maximum Gasteiger partial charge on any atom is 0.339 e. The van der Waals surface area contributed by atoms with Crippen LogP contribution in [0, 0.1) is 11.5 Å². The van der Waals surface area contributed by atoms with Crippen molar-refractivity contribution in [2.45, 2.75) is 25.5 Å². The van der Waals surface area contributed by atoms with Crippen LogP contribution in [-0.4, -0.2) is 17.0 Å². The maximum atomic E-state index is 12.9. The van der Waals surface area contributed by atoms with Crippen molar-refractivity contribution >= 4 is 23.3 Å². The summed E-state index contributed by atoms with van der Waals surface area (Å²) < 4.78 is 5.79. The molecule has 2 atom stereocenters. The zero-order valence-corrected chi connectivity index (χ0v) is 20.8. The minimum atomic E-state index is -1.19. The molecule has 5 rings (SSSR count). The highest BCUT2D eigenvalue weighted by Crippen LogP contribution is 2.41. The van der Waals surface area contributed by atoms with E-state index in [1.807, 2.05) is 79.7 Å². The Bertz CT molecular complexity index is 1480. The van der Waals surface area contributed by atoms with E-state index in [4.69, 9.17) is 10.5 Å². The van der Waals surface area contributed by atoms with Crippen molar-refractivity contribution in [3.05, 3.63) is 131 Å². The van der Waals surface area contributed by atoms with Crippen LogP contribution in [0.5, 0.6) is 0 Å². The standard InChI is InChI=1S/C23H16N2O4.C8H11N/c24-14-25-19-11-5-1-7-15(19)13-21(18-10-4-6-12-20(18)25)29-23(28)17-9-3-2-8-16(17)22(26)27;1-7(9)8-5-3-2-4-6-8/h1-12,21H,13H2,(H,26,27);2-7H,9H2,1H3/t21-;7-/m10/s1. The number of anilines is 2. The molecule has 0 saturated heterocycles. The second-order valence-electron chi connectivity index (χ2n) is 8.77. The van der Waals surface area contributed by atoms with E-state index in [1.165, 1.54) is 22.6 Å². The molecule has 4 aromatic rings. The number of esters is 1. The molecule has 190 valence electrons. The number of nitriles is 1. The number of aromatic carboxylic acids is 1. The Morgan fingerprint density at radius 1 is 0.895 bits per heavy atom. The summed E-state index contributed by atoms with van der Waals surface area (Å²) in [4.78, 5) is 25.8. The zero-order chi connectivity index (χ0) is 27.1. The van der Waals surface area contributed by atoms with Crippen LogP contribution in [0.2, 0.25) is 0 Å². The van der Waals surface area contributed by atoms with Crippen molar-refractivity contribution in [2.24, 2.45) is 5.73 Å². The molecular weight excluding hydrogens is 478 g/mol. The number of carbonyl (C=O) groups is 2. The van der Waals surface area contributed by atoms with Crippen molar-refractivity contribution < 1.29 is 19.4 Å². The molecule has 0 aliphatic carbocycles. The number of nitrogens with two attached hydrogens (primary N) is 1. The molecule has 1 heterocycles. The number of hydrogen-bond donors (Lipinski definition) is 2. The summed E-state index contributed by atoms with van der Waals surface area (Å²) in [7, 11) is 0. The van der Waals surface area contributed by atoms with Gasteiger partial charge in [0.25, 0.3) is 0 Å². The van der Waals surface area contributed by atoms with Gasteiger partial charge in [-0.2, -0.15) is 5.26 Å². The molecule has 1 aliphatic heterocycles. The molecule has 7 heteroatoms. The maximum absolute atomic E-state index is 12.9. The van der Waals surface area contributed by atoms with Gasteiger partial charge in [0.2, 0.25) is 0 Å². The topological polar surface area (TPSA) is 117 Å². The van der Waals surface area contributed by atoms with Gasteiger partial charge in [-0.25, -0.2) is 14.5 Å². The Morgan fingerprint density at radius 2 is 1.47 bits per heavy atom. The highest BCUT2D eigenvalue weighted by Gasteiger charge is 2.30. The first-order valence-electron chi connectivity index (χ1n) is 12.1. The first-order chi connectivity index (χ1) is 18.4. The number of hydrogen-bond acceptors (Lipinski definition) is 6. The summed E-state index contributed by atoms with van der Waals surface area (Å²) in [5, 5.41) is 19.1. The molecule has 7 nitrogen and oxygen atoms in total. The molecular formula is C31H27N3O4. The smallest absolute Gasteiger partial charge is 0.339 e. The Balaban J connectivity index is 0.000000317. The predicted molar refractivity (Wildman–Crippen MR) is 145 cm³/mol. The lowest BCUT2D eigenvalue weighted by Crippen LogP contribution is -2.17. The summed E-state index contributed by atoms with van der Waals surface area (Å²) >= 11 is 0. The first kappa shape index (κ1) is 26.1. The van der Waals surface area contributed by atoms with E-state index >= 15 is 0 Å². The largest absolute Gasteiger partial charge is 0.478 e. The molecule has 3 N–H and O–H groups in total. The first-order valence-corrected chi connectivity index (χ1v) is 12.1. The molecule has 0 spiro atoms. The van der Waals surface area contributed by atoms with Gasteiger partial charge < -0.3 is 15.6 Å². The SMILES string of the molecule is C[C@H](N)c1ccccc1.N#CN1c2ccccc2C[C@@H](OC(=O)c2ccccc2C(=O)O)c2ccccc21. The third kappa shape index (κ3) is 5.72. The highest BCUT2D eigenvalue weighted by molar-refractivity contribution is 6.02. The van der Waals surface area contributed by atoms with Crippen LogP contribution in [0.1, 0.15) is 56.5 Å². The lowest BCUT2D eigenvalue weighted by molar-refractivity contribution is 0.0295. The fourth-order valence-corrected chi connectivity index (χ4v) is 4.31. The van der Waals surface area contributed by atoms with E-state index in [-0.39, 0.29) is 17.2 Å². The predicted octanol–water partition coefficient (Wildman–Crippen LogP) is 6.16. The van der Waals surface area contributed by atoms with Crippen molar-refractivity contribution in [2.75, 3.05) is 4.90 Å². The summed E-state index contributed by atoms with van der Waals surface area (Å²) in [6, 6.07) is 30.9. The highest BCUT2D eigenvalue weighted by atomic mass is 16.5. The van der Waals surface area contributed by atoms with Gasteiger partial charge in [0.15, 0.2) is 6.19 Å². The van der Waals surface area contributed by atoms with Crippen molar-refractivity contribution in [3.63, 3.8) is 0 Å². The van der Waals surface area contributed by atoms with E-state index in [0.29, 0.717) is 17.7 Å². The molecule has 0 saturated carbocycles. The average Bonchev–Trinajstić information content (AvgIpc) is 3.08. The number of rotatable bonds is 4. The summed E-state index contributed by atoms with van der Waals surface area (Å²) in [5.41, 5.74) is 9.59. The molecule has 0 bridgehead atoms. The molecule has 38 heavy (non-hydrogen) atoms. The zero-order valence-electron chi connectivity index (χ0n) is 20.8. The molecule has 4 aromatic carbocycles. The number of carboxylic acid groups (broad SMARTS) is 1. The lowest BCUT2D eigenvalue weighted by Gasteiger charge is -2.20. The van der Waals surface area contributed by atoms with Crippen LogP contribution in [0.25, 0.3) is 0 Å². The summed E-state index contributed by atoms with van der Waals surface area (Å²) in [6.45, 7) is 1.98. The van der Waals surface area contributed by atoms with Crippen molar-refractivity contribution in [3.8, 4) is 6.19 Å². The van der Waals surface area contributed by atoms with E-state index in [9.17, 15) is 20.0 Å². The number of nitrogens with zero attached hydrogens (tertiary/aromatic N) is 2. The van der Waals surface area contributed by atoms with Crippen LogP contribution in [0.3, 0.4) is 0 Å². The third-order valence-corrected chi connectivity index (χ3v) is 6.21. The Kier molecular flexibility index (Phi) is 8.17. The van der Waals surface area contributed by atoms with Gasteiger partial charge in [0, 0.05) is 18.0 Å². The van der Waals surface area contributed by atoms with Crippen molar-refractivity contribution in [1.82, 2.24) is 0 Å². The molecule has 0 unspecified atom stereocenters. The molecule has 0 radical (unpaired) electrons. The Labute approximate surface area is 221 Å². The van der Waals surface area contributed by atoms with Gasteiger partial charge in [0.05, 0.1) is 22.5 Å². The Hall–Kier alpha value is -4.93. The lowest BCUT2D eigenvalue weighted by atomic mass is 10.0. The fourth-order valence-electron chi connectivity index (χ4n) is 4.31. The van der Waals surface area contributed by atoms with Crippen LogP contribution in [0.4, 0.5) is 11.4 Å². The minimum Gasteiger partial charge on any atom is -0.478 e. The normalized spacial score (nSPS) is 14.3. The van der Waals surface area contributed by atoms with E-state index < -0.39 is 18.0 Å². The van der Waals surface area contributed by atoms with E-state index in [0.717, 1.165) is 11.3 Å². The number of para-hydroxylation sites is 2. The van der Waals surface area contributed by atoms with Gasteiger partial charge in [-0.15, -0.1) is 0 Å². The Morgan fingerprint density at radius 3 is 2.11 bits per heavy atom. The van der Waals surface area contributed by atoms with E-state index in [1.54, 1.807) is 18.2 Å². The number of fused-ring (bicyclic) bond motifs is 2. The number of carboxylic acids is 1. The monoisotopic (exact) mass is 505 g/mol. The molecule has 0 aromatic heterocycles. The average molecular weight is 506 g/mol. The second kappa shape index (κ2) is 11.9. The summed E-state index contributed by atoms with van der Waals surface area (Å²) in [6.07, 6.45) is 1.90. The van der Waals surface area contributed by atoms with E-state index in [2.05, 4.69) is 6.19 Å². The second-order valence-corrected chi connectivity index (χ2v) is 8.77. The van der Waals surface area contributed by atoms with Gasteiger partial charge in [-0.3, -0.25) is 0 Å². The van der Waals surface area contributed by atoms with Gasteiger partial charge >= 0.3 is 11.9 Å². The van der Waals surface area contributed by atoms with Crippen LogP contribution < -0.4 is 10.6 Å². The molecule has 0 fully saturated rings. The minimum absolute atomic E-state index is 0.00727. The quantitative estimate of drug-likeness (QED) is 0.252. The third-order valence-electron chi connectivity index (χ3n) is 6.21. The summed E-state index contributed by atoms with van der Waals surface area (Å²) in [5.74, 6) is -1.91. The number of ether oxygens (including phenoxy) is 1. The van der Waals surface area contributed by atoms with Gasteiger partial charge in [-0.1, -0.05) is 78.9 Å².